The Bertz CT molecular complexity index is 942. The largest absolute Gasteiger partial charge is 0.416 e. The molecule has 34 heavy (non-hydrogen) atoms. The molecule has 2 N–H and O–H groups in total. The highest BCUT2D eigenvalue weighted by atomic mass is 19.4. The van der Waals surface area contributed by atoms with Gasteiger partial charge >= 0.3 is 12.4 Å². The molecule has 188 valence electrons. The lowest BCUT2D eigenvalue weighted by Gasteiger charge is -2.43. The number of alkyl halides is 6. The molecule has 4 nitrogen and oxygen atoms in total. The van der Waals surface area contributed by atoms with E-state index in [9.17, 15) is 36.6 Å². The van der Waals surface area contributed by atoms with Crippen molar-refractivity contribution in [1.29, 1.82) is 0 Å². The van der Waals surface area contributed by atoms with Gasteiger partial charge in [-0.3, -0.25) is 0 Å². The molecule has 0 radical (unpaired) electrons. The summed E-state index contributed by atoms with van der Waals surface area (Å²) in [7, 11) is 0. The molecule has 1 unspecified atom stereocenters. The van der Waals surface area contributed by atoms with E-state index >= 15 is 0 Å². The Hall–Kier alpha value is -2.14. The molecule has 2 aromatic carbocycles. The van der Waals surface area contributed by atoms with E-state index in [1.165, 1.54) is 6.92 Å². The molecule has 0 amide bonds. The second-order valence-electron chi connectivity index (χ2n) is 8.49. The monoisotopic (exact) mass is 492 g/mol. The summed E-state index contributed by atoms with van der Waals surface area (Å²) >= 11 is 0. The predicted octanol–water partition coefficient (Wildman–Crippen LogP) is 5.47. The number of aryl methyl sites for hydroxylation is 1. The molecule has 0 spiro atoms. The number of benzene rings is 2. The summed E-state index contributed by atoms with van der Waals surface area (Å²) in [6, 6.07) is 8.52. The fourth-order valence-corrected chi connectivity index (χ4v) is 4.35. The highest BCUT2D eigenvalue weighted by Crippen LogP contribution is 2.43. The van der Waals surface area contributed by atoms with Crippen molar-refractivity contribution < 1.29 is 46.0 Å². The number of aliphatic hydroxyl groups excluding tert-OH is 2. The van der Waals surface area contributed by atoms with Crippen molar-refractivity contribution in [2.75, 3.05) is 19.8 Å². The quantitative estimate of drug-likeness (QED) is 0.526. The summed E-state index contributed by atoms with van der Waals surface area (Å²) in [6.45, 7) is 2.61. The number of halogens is 6. The minimum Gasteiger partial charge on any atom is -0.396 e. The molecule has 1 saturated heterocycles. The zero-order valence-corrected chi connectivity index (χ0v) is 18.5. The zero-order valence-electron chi connectivity index (χ0n) is 18.5. The van der Waals surface area contributed by atoms with Crippen LogP contribution < -0.4 is 0 Å². The van der Waals surface area contributed by atoms with Crippen LogP contribution in [0.15, 0.2) is 42.5 Å². The van der Waals surface area contributed by atoms with Crippen LogP contribution in [0.1, 0.15) is 46.8 Å². The van der Waals surface area contributed by atoms with E-state index in [1.54, 1.807) is 18.2 Å². The van der Waals surface area contributed by atoms with Crippen molar-refractivity contribution in [3.8, 4) is 0 Å². The average molecular weight is 492 g/mol. The van der Waals surface area contributed by atoms with Crippen molar-refractivity contribution in [3.05, 3.63) is 70.3 Å². The van der Waals surface area contributed by atoms with Crippen LogP contribution >= 0.6 is 0 Å². The topological polar surface area (TPSA) is 58.9 Å². The maximum Gasteiger partial charge on any atom is 0.416 e. The molecular weight excluding hydrogens is 466 g/mol. The first-order valence-electron chi connectivity index (χ1n) is 10.7. The Morgan fingerprint density at radius 2 is 1.56 bits per heavy atom. The van der Waals surface area contributed by atoms with E-state index in [0.29, 0.717) is 12.1 Å². The van der Waals surface area contributed by atoms with E-state index in [4.69, 9.17) is 9.47 Å². The van der Waals surface area contributed by atoms with E-state index < -0.39 is 53.6 Å². The molecule has 0 saturated carbocycles. The minimum atomic E-state index is -4.98. The molecule has 0 aromatic heterocycles. The third kappa shape index (κ3) is 5.73. The molecule has 3 rings (SSSR count). The first kappa shape index (κ1) is 26.5. The first-order valence-corrected chi connectivity index (χ1v) is 10.7. The van der Waals surface area contributed by atoms with Crippen molar-refractivity contribution in [2.45, 2.75) is 44.5 Å². The molecule has 1 fully saturated rings. The third-order valence-corrected chi connectivity index (χ3v) is 6.25. The number of hydrogen-bond donors (Lipinski definition) is 2. The molecular formula is C24H26F6O4. The van der Waals surface area contributed by atoms with Crippen LogP contribution in [0.3, 0.4) is 0 Å². The highest BCUT2D eigenvalue weighted by molar-refractivity contribution is 5.35. The van der Waals surface area contributed by atoms with Crippen LogP contribution in [0, 0.1) is 18.8 Å². The lowest BCUT2D eigenvalue weighted by molar-refractivity contribution is -0.229. The van der Waals surface area contributed by atoms with Gasteiger partial charge in [-0.25, -0.2) is 0 Å². The van der Waals surface area contributed by atoms with Gasteiger partial charge in [0.25, 0.3) is 0 Å². The van der Waals surface area contributed by atoms with Gasteiger partial charge in [-0.2, -0.15) is 26.3 Å². The second kappa shape index (κ2) is 10.2. The number of aliphatic hydroxyl groups is 2. The fraction of sp³-hybridized carbons (Fsp3) is 0.500. The maximum absolute atomic E-state index is 13.3. The lowest BCUT2D eigenvalue weighted by atomic mass is 9.75. The smallest absolute Gasteiger partial charge is 0.396 e. The van der Waals surface area contributed by atoms with Gasteiger partial charge in [-0.05, 0) is 48.7 Å². The summed E-state index contributed by atoms with van der Waals surface area (Å²) in [4.78, 5) is 0. The van der Waals surface area contributed by atoms with Gasteiger partial charge in [0.2, 0.25) is 0 Å². The fourth-order valence-electron chi connectivity index (χ4n) is 4.35. The van der Waals surface area contributed by atoms with Crippen LogP contribution in [0.25, 0.3) is 0 Å². The Morgan fingerprint density at radius 3 is 2.06 bits per heavy atom. The van der Waals surface area contributed by atoms with Gasteiger partial charge in [-0.1, -0.05) is 24.3 Å². The molecule has 2 aromatic rings. The molecule has 1 aliphatic heterocycles. The molecule has 1 aliphatic rings. The van der Waals surface area contributed by atoms with Gasteiger partial charge in [0, 0.05) is 31.0 Å². The van der Waals surface area contributed by atoms with E-state index in [-0.39, 0.29) is 31.5 Å². The van der Waals surface area contributed by atoms with Crippen LogP contribution in [0.2, 0.25) is 0 Å². The van der Waals surface area contributed by atoms with Gasteiger partial charge in [-0.15, -0.1) is 0 Å². The minimum absolute atomic E-state index is 0.0118. The Balaban J connectivity index is 1.99. The third-order valence-electron chi connectivity index (χ3n) is 6.25. The molecule has 0 bridgehead atoms. The average Bonchev–Trinajstić information content (AvgIpc) is 2.77. The highest BCUT2D eigenvalue weighted by Gasteiger charge is 2.43. The number of rotatable bonds is 6. The van der Waals surface area contributed by atoms with E-state index in [0.717, 1.165) is 11.1 Å². The molecule has 1 heterocycles. The van der Waals surface area contributed by atoms with Crippen molar-refractivity contribution in [2.24, 2.45) is 11.8 Å². The lowest BCUT2D eigenvalue weighted by Crippen LogP contribution is -2.45. The van der Waals surface area contributed by atoms with E-state index in [2.05, 4.69) is 0 Å². The van der Waals surface area contributed by atoms with Gasteiger partial charge in [0.05, 0.1) is 23.8 Å². The molecule has 10 heteroatoms. The number of ether oxygens (including phenoxy) is 2. The summed E-state index contributed by atoms with van der Waals surface area (Å²) < 4.78 is 91.4. The second-order valence-corrected chi connectivity index (χ2v) is 8.49. The van der Waals surface area contributed by atoms with Crippen molar-refractivity contribution in [3.63, 3.8) is 0 Å². The number of hydrogen-bond acceptors (Lipinski definition) is 4. The van der Waals surface area contributed by atoms with Crippen LogP contribution in [-0.2, 0) is 21.8 Å². The summed E-state index contributed by atoms with van der Waals surface area (Å²) in [5.41, 5.74) is -1.58. The van der Waals surface area contributed by atoms with Gasteiger partial charge in [0.15, 0.2) is 6.29 Å². The van der Waals surface area contributed by atoms with E-state index in [1.807, 2.05) is 13.0 Å². The summed E-state index contributed by atoms with van der Waals surface area (Å²) in [6.07, 6.45) is -12.2. The Kier molecular flexibility index (Phi) is 7.96. The molecule has 5 atom stereocenters. The molecule has 0 aliphatic carbocycles. The first-order chi connectivity index (χ1) is 15.9. The zero-order chi connectivity index (χ0) is 25.3. The normalized spacial score (nSPS) is 24.8. The standard InChI is InChI=1S/C24H26F6O4/c1-13-5-3-4-6-19(13)21-20(11-32)16(10-31)12-33-22(21)34-14(2)15-7-17(23(25,26)27)9-18(8-15)24(28,29)30/h3-9,14,16,20-22,31-32H,10-12H2,1-2H3/t14-,16+,20-,21+,22?/m1/s1. The van der Waals surface area contributed by atoms with Crippen LogP contribution in [-0.4, -0.2) is 36.3 Å². The van der Waals surface area contributed by atoms with Crippen LogP contribution in [0.4, 0.5) is 26.3 Å². The van der Waals surface area contributed by atoms with Crippen molar-refractivity contribution >= 4 is 0 Å². The SMILES string of the molecule is Cc1ccccc1[C@@H]1C(O[C@H](C)c2cc(C(F)(F)F)cc(C(F)(F)F)c2)OC[C@H](CO)[C@H]1CO. The summed E-state index contributed by atoms with van der Waals surface area (Å²) in [5.74, 6) is -1.52. The van der Waals surface area contributed by atoms with Crippen molar-refractivity contribution in [1.82, 2.24) is 0 Å². The Labute approximate surface area is 193 Å². The van der Waals surface area contributed by atoms with Gasteiger partial charge in [0.1, 0.15) is 0 Å². The predicted molar refractivity (Wildman–Crippen MR) is 111 cm³/mol. The summed E-state index contributed by atoms with van der Waals surface area (Å²) in [5, 5.41) is 19.8. The van der Waals surface area contributed by atoms with Gasteiger partial charge < -0.3 is 19.7 Å². The van der Waals surface area contributed by atoms with Crippen LogP contribution in [0.5, 0.6) is 0 Å². The Morgan fingerprint density at radius 1 is 0.971 bits per heavy atom. The maximum atomic E-state index is 13.3.